The van der Waals surface area contributed by atoms with Crippen LogP contribution in [0.2, 0.25) is 0 Å². The van der Waals surface area contributed by atoms with Crippen molar-refractivity contribution in [2.45, 2.75) is 83.0 Å². The number of hydrogen-bond donors (Lipinski definition) is 2. The fourth-order valence-corrected chi connectivity index (χ4v) is 5.40. The Morgan fingerprint density at radius 1 is 1.13 bits per heavy atom. The molecule has 1 unspecified atom stereocenters. The molecule has 1 aliphatic carbocycles. The molecular formula is C25H30F6N2O6. The topological polar surface area (TPSA) is 105 Å². The average molecular weight is 569 g/mol. The zero-order valence-electron chi connectivity index (χ0n) is 21.3. The fraction of sp³-hybridized carbons (Fsp3) is 0.640. The average Bonchev–Trinajstić information content (AvgIpc) is 3.29. The Labute approximate surface area is 220 Å². The molecule has 2 aliphatic rings. The maximum Gasteiger partial charge on any atom is 0.471 e. The molecular weight excluding hydrogens is 538 g/mol. The summed E-state index contributed by atoms with van der Waals surface area (Å²) in [6.45, 7) is 2.29. The third-order valence-corrected chi connectivity index (χ3v) is 7.40. The van der Waals surface area contributed by atoms with E-state index in [4.69, 9.17) is 9.47 Å². The van der Waals surface area contributed by atoms with Crippen LogP contribution in [-0.2, 0) is 36.6 Å². The molecule has 2 N–H and O–H groups in total. The van der Waals surface area contributed by atoms with Crippen molar-refractivity contribution >= 4 is 17.8 Å². The summed E-state index contributed by atoms with van der Waals surface area (Å²) < 4.78 is 90.6. The normalized spacial score (nSPS) is 23.2. The van der Waals surface area contributed by atoms with Gasteiger partial charge in [-0.3, -0.25) is 14.4 Å². The fourth-order valence-electron chi connectivity index (χ4n) is 5.40. The van der Waals surface area contributed by atoms with Crippen LogP contribution in [0.4, 0.5) is 26.3 Å². The molecule has 39 heavy (non-hydrogen) atoms. The number of phenolic OH excluding ortho intramolecular Hbond substituents is 1. The van der Waals surface area contributed by atoms with Gasteiger partial charge in [-0.1, -0.05) is 0 Å². The zero-order valence-corrected chi connectivity index (χ0v) is 21.3. The van der Waals surface area contributed by atoms with E-state index in [0.29, 0.717) is 12.1 Å². The molecule has 14 heteroatoms. The van der Waals surface area contributed by atoms with Gasteiger partial charge in [-0.25, -0.2) is 0 Å². The zero-order chi connectivity index (χ0) is 29.2. The minimum atomic E-state index is -5.16. The van der Waals surface area contributed by atoms with Gasteiger partial charge in [-0.15, -0.1) is 0 Å². The Morgan fingerprint density at radius 3 is 2.33 bits per heavy atom. The number of alkyl halides is 6. The first-order valence-electron chi connectivity index (χ1n) is 12.4. The highest BCUT2D eigenvalue weighted by Gasteiger charge is 2.56. The monoisotopic (exact) mass is 568 g/mol. The molecule has 3 atom stereocenters. The number of carbonyl (C=O) groups excluding carboxylic acids is 3. The lowest BCUT2D eigenvalue weighted by Gasteiger charge is -2.40. The van der Waals surface area contributed by atoms with E-state index in [2.05, 4.69) is 5.32 Å². The molecule has 1 aromatic carbocycles. The van der Waals surface area contributed by atoms with Gasteiger partial charge in [-0.2, -0.15) is 26.3 Å². The van der Waals surface area contributed by atoms with Crippen LogP contribution >= 0.6 is 0 Å². The van der Waals surface area contributed by atoms with Crippen LogP contribution in [0.5, 0.6) is 5.75 Å². The van der Waals surface area contributed by atoms with Crippen molar-refractivity contribution in [3.8, 4) is 5.75 Å². The number of halogens is 6. The van der Waals surface area contributed by atoms with Crippen molar-refractivity contribution in [1.82, 2.24) is 10.2 Å². The quantitative estimate of drug-likeness (QED) is 0.380. The Balaban J connectivity index is 1.89. The molecule has 0 bridgehead atoms. The van der Waals surface area contributed by atoms with Crippen LogP contribution < -0.4 is 5.32 Å². The van der Waals surface area contributed by atoms with E-state index >= 15 is 0 Å². The van der Waals surface area contributed by atoms with E-state index in [1.165, 1.54) is 6.92 Å². The molecule has 1 aliphatic heterocycles. The Kier molecular flexibility index (Phi) is 9.08. The second-order valence-corrected chi connectivity index (χ2v) is 9.88. The summed E-state index contributed by atoms with van der Waals surface area (Å²) in [6, 6.07) is 0.386. The highest BCUT2D eigenvalue weighted by molar-refractivity contribution is 5.85. The molecule has 1 heterocycles. The van der Waals surface area contributed by atoms with E-state index in [9.17, 15) is 45.8 Å². The number of esters is 1. The van der Waals surface area contributed by atoms with Crippen molar-refractivity contribution < 1.29 is 55.3 Å². The minimum absolute atomic E-state index is 0.00693. The lowest BCUT2D eigenvalue weighted by molar-refractivity contribution is -0.192. The summed E-state index contributed by atoms with van der Waals surface area (Å²) in [4.78, 5) is 38.5. The molecule has 1 aromatic rings. The van der Waals surface area contributed by atoms with Gasteiger partial charge >= 0.3 is 24.2 Å². The number of rotatable bonds is 7. The summed E-state index contributed by atoms with van der Waals surface area (Å²) >= 11 is 0. The summed E-state index contributed by atoms with van der Waals surface area (Å²) in [6.07, 6.45) is -11.0. The van der Waals surface area contributed by atoms with Gasteiger partial charge in [0, 0.05) is 44.3 Å². The first kappa shape index (κ1) is 30.5. The molecule has 1 saturated heterocycles. The van der Waals surface area contributed by atoms with E-state index in [1.54, 1.807) is 0 Å². The van der Waals surface area contributed by atoms with E-state index in [-0.39, 0.29) is 50.9 Å². The molecule has 8 nitrogen and oxygen atoms in total. The minimum Gasteiger partial charge on any atom is -0.508 e. The maximum absolute atomic E-state index is 13.6. The lowest BCUT2D eigenvalue weighted by Crippen LogP contribution is -2.54. The predicted molar refractivity (Wildman–Crippen MR) is 123 cm³/mol. The first-order chi connectivity index (χ1) is 18.1. The van der Waals surface area contributed by atoms with E-state index in [0.717, 1.165) is 17.9 Å². The van der Waals surface area contributed by atoms with Crippen LogP contribution in [0, 0.1) is 5.41 Å². The number of nitrogens with zero attached hydrogens (tertiary/aromatic N) is 1. The van der Waals surface area contributed by atoms with Crippen LogP contribution in [0.15, 0.2) is 18.2 Å². The Hall–Kier alpha value is -3.03. The van der Waals surface area contributed by atoms with Gasteiger partial charge < -0.3 is 24.8 Å². The van der Waals surface area contributed by atoms with Gasteiger partial charge in [0.05, 0.1) is 11.0 Å². The van der Waals surface area contributed by atoms with Gasteiger partial charge in [0.15, 0.2) is 0 Å². The van der Waals surface area contributed by atoms with Crippen molar-refractivity contribution in [3.63, 3.8) is 0 Å². The molecule has 2 amide bonds. The number of amides is 2. The lowest BCUT2D eigenvalue weighted by atomic mass is 9.79. The van der Waals surface area contributed by atoms with Gasteiger partial charge in [0.1, 0.15) is 11.9 Å². The summed E-state index contributed by atoms with van der Waals surface area (Å²) in [7, 11) is 0. The highest BCUT2D eigenvalue weighted by Crippen LogP contribution is 2.46. The molecule has 3 rings (SSSR count). The second-order valence-electron chi connectivity index (χ2n) is 9.88. The number of phenols is 1. The van der Waals surface area contributed by atoms with Crippen molar-refractivity contribution in [1.29, 1.82) is 0 Å². The Morgan fingerprint density at radius 2 is 1.77 bits per heavy atom. The Bertz CT molecular complexity index is 1070. The first-order valence-corrected chi connectivity index (χ1v) is 12.4. The summed E-state index contributed by atoms with van der Waals surface area (Å²) in [5, 5.41) is 12.5. The number of aromatic hydroxyl groups is 1. The molecule has 0 aromatic heterocycles. The van der Waals surface area contributed by atoms with Crippen LogP contribution in [0.25, 0.3) is 0 Å². The maximum atomic E-state index is 13.6. The van der Waals surface area contributed by atoms with Gasteiger partial charge in [0.2, 0.25) is 5.91 Å². The van der Waals surface area contributed by atoms with E-state index in [1.807, 2.05) is 0 Å². The van der Waals surface area contributed by atoms with Crippen molar-refractivity contribution in [2.75, 3.05) is 13.2 Å². The number of carbonyl (C=O) groups is 3. The molecule has 1 saturated carbocycles. The number of benzene rings is 1. The number of nitrogens with one attached hydrogen (secondary N) is 1. The van der Waals surface area contributed by atoms with Gasteiger partial charge in [0.25, 0.3) is 0 Å². The second kappa shape index (κ2) is 11.6. The third-order valence-electron chi connectivity index (χ3n) is 7.40. The van der Waals surface area contributed by atoms with Gasteiger partial charge in [-0.05, 0) is 57.2 Å². The van der Waals surface area contributed by atoms with Crippen LogP contribution in [-0.4, -0.2) is 65.4 Å². The summed E-state index contributed by atoms with van der Waals surface area (Å²) in [5.41, 5.74) is -2.87. The molecule has 2 fully saturated rings. The van der Waals surface area contributed by atoms with Crippen molar-refractivity contribution in [3.05, 3.63) is 29.3 Å². The summed E-state index contributed by atoms with van der Waals surface area (Å²) in [5.74, 6) is -4.08. The van der Waals surface area contributed by atoms with Crippen molar-refractivity contribution in [2.24, 2.45) is 5.41 Å². The molecule has 0 radical (unpaired) electrons. The highest BCUT2D eigenvalue weighted by atomic mass is 19.4. The predicted octanol–water partition coefficient (Wildman–Crippen LogP) is 4.09. The standard InChI is InChI=1S/C25H30F6N2O6/c1-14(39-15(2)34)23(21(36)32-13-16-11-17(24(26,27)28)3-4-20(16)35)8-5-19(12-23)33(22(37)25(29,30)31)18-6-9-38-10-7-18/h3-4,11,14,18-19,35H,5-10,12-13H2,1-2H3,(H,32,36)/t14?,19-,23+/m1/s1. The number of ether oxygens (including phenoxy) is 2. The largest absolute Gasteiger partial charge is 0.508 e. The van der Waals surface area contributed by atoms with Crippen LogP contribution in [0.1, 0.15) is 57.1 Å². The molecule has 218 valence electrons. The smallest absolute Gasteiger partial charge is 0.471 e. The SMILES string of the molecule is CC(=O)OC(C)[C@]1(C(=O)NCc2cc(C(F)(F)F)ccc2O)CC[C@@H](N(C(=O)C(F)(F)F)C2CCOCC2)C1. The number of hydrogen-bond acceptors (Lipinski definition) is 6. The molecule has 0 spiro atoms. The van der Waals surface area contributed by atoms with Crippen LogP contribution in [0.3, 0.4) is 0 Å². The van der Waals surface area contributed by atoms with E-state index < -0.39 is 71.6 Å². The third kappa shape index (κ3) is 6.95.